The van der Waals surface area contributed by atoms with Crippen LogP contribution in [0.4, 0.5) is 17.3 Å². The van der Waals surface area contributed by atoms with Crippen LogP contribution in [0, 0.1) is 18.3 Å². The fourth-order valence-electron chi connectivity index (χ4n) is 1.57. The van der Waals surface area contributed by atoms with Gasteiger partial charge >= 0.3 is 0 Å². The first-order chi connectivity index (χ1) is 9.15. The highest BCUT2D eigenvalue weighted by Crippen LogP contribution is 2.26. The van der Waals surface area contributed by atoms with Crippen LogP contribution in [0.2, 0.25) is 0 Å². The Morgan fingerprint density at radius 3 is 2.74 bits per heavy atom. The third-order valence-corrected chi connectivity index (χ3v) is 3.07. The summed E-state index contributed by atoms with van der Waals surface area (Å²) in [5.41, 5.74) is 4.47. The standard InChI is InChI=1S/C12H11BrN6/c1-7-11(16-6-17-12(7)19-15)18-10-4-9(13)3-2-8(10)5-14/h2-4,6H,15H2,1H3,(H2,16,17,18,19). The van der Waals surface area contributed by atoms with E-state index >= 15 is 0 Å². The van der Waals surface area contributed by atoms with E-state index in [-0.39, 0.29) is 0 Å². The smallest absolute Gasteiger partial charge is 0.148 e. The zero-order valence-corrected chi connectivity index (χ0v) is 11.7. The van der Waals surface area contributed by atoms with E-state index in [0.29, 0.717) is 22.9 Å². The highest BCUT2D eigenvalue weighted by Gasteiger charge is 2.09. The van der Waals surface area contributed by atoms with Gasteiger partial charge in [0.1, 0.15) is 24.0 Å². The van der Waals surface area contributed by atoms with Crippen LogP contribution in [0.15, 0.2) is 29.0 Å². The van der Waals surface area contributed by atoms with Crippen molar-refractivity contribution in [2.45, 2.75) is 6.92 Å². The maximum atomic E-state index is 9.09. The van der Waals surface area contributed by atoms with E-state index in [1.807, 2.05) is 19.1 Å². The molecule has 1 heterocycles. The largest absolute Gasteiger partial charge is 0.339 e. The minimum atomic E-state index is 0.531. The van der Waals surface area contributed by atoms with Crippen molar-refractivity contribution < 1.29 is 0 Å². The van der Waals surface area contributed by atoms with Gasteiger partial charge in [-0.15, -0.1) is 0 Å². The van der Waals surface area contributed by atoms with Gasteiger partial charge in [0, 0.05) is 10.0 Å². The van der Waals surface area contributed by atoms with Crippen LogP contribution in [0.25, 0.3) is 0 Å². The van der Waals surface area contributed by atoms with Crippen molar-refractivity contribution in [1.29, 1.82) is 5.26 Å². The molecule has 96 valence electrons. The van der Waals surface area contributed by atoms with E-state index < -0.39 is 0 Å². The molecule has 0 radical (unpaired) electrons. The second-order valence-corrected chi connectivity index (χ2v) is 4.68. The highest BCUT2D eigenvalue weighted by atomic mass is 79.9. The molecule has 0 saturated carbocycles. The lowest BCUT2D eigenvalue weighted by atomic mass is 10.2. The zero-order valence-electron chi connectivity index (χ0n) is 10.1. The molecule has 0 aliphatic carbocycles. The van der Waals surface area contributed by atoms with Crippen LogP contribution in [0.3, 0.4) is 0 Å². The molecule has 0 fully saturated rings. The molecule has 2 rings (SSSR count). The van der Waals surface area contributed by atoms with Crippen molar-refractivity contribution in [2.24, 2.45) is 5.84 Å². The molecule has 0 atom stereocenters. The number of hydrazine groups is 1. The molecular formula is C12H11BrN6. The molecule has 0 saturated heterocycles. The number of benzene rings is 1. The minimum absolute atomic E-state index is 0.531. The maximum Gasteiger partial charge on any atom is 0.148 e. The number of nitrogens with one attached hydrogen (secondary N) is 2. The summed E-state index contributed by atoms with van der Waals surface area (Å²) in [6.45, 7) is 1.83. The van der Waals surface area contributed by atoms with Gasteiger partial charge in [0.15, 0.2) is 0 Å². The van der Waals surface area contributed by atoms with Crippen molar-refractivity contribution in [3.05, 3.63) is 40.1 Å². The molecule has 4 N–H and O–H groups in total. The lowest BCUT2D eigenvalue weighted by Gasteiger charge is -2.12. The Labute approximate surface area is 118 Å². The highest BCUT2D eigenvalue weighted by molar-refractivity contribution is 9.10. The van der Waals surface area contributed by atoms with Gasteiger partial charge in [-0.05, 0) is 25.1 Å². The third-order valence-electron chi connectivity index (χ3n) is 2.58. The summed E-state index contributed by atoms with van der Waals surface area (Å²) >= 11 is 3.37. The van der Waals surface area contributed by atoms with Gasteiger partial charge in [-0.25, -0.2) is 15.8 Å². The molecule has 0 amide bonds. The van der Waals surface area contributed by atoms with Crippen molar-refractivity contribution in [1.82, 2.24) is 9.97 Å². The Bertz CT molecular complexity index is 649. The van der Waals surface area contributed by atoms with Gasteiger partial charge in [0.05, 0.1) is 11.3 Å². The van der Waals surface area contributed by atoms with Crippen LogP contribution in [0.1, 0.15) is 11.1 Å². The predicted molar refractivity (Wildman–Crippen MR) is 76.7 cm³/mol. The minimum Gasteiger partial charge on any atom is -0.339 e. The molecule has 0 unspecified atom stereocenters. The fraction of sp³-hybridized carbons (Fsp3) is 0.0833. The topological polar surface area (TPSA) is 99.7 Å². The molecule has 6 nitrogen and oxygen atoms in total. The Morgan fingerprint density at radius 2 is 2.05 bits per heavy atom. The Hall–Kier alpha value is -2.17. The number of rotatable bonds is 3. The van der Waals surface area contributed by atoms with Gasteiger partial charge in [0.2, 0.25) is 0 Å². The van der Waals surface area contributed by atoms with Crippen LogP contribution >= 0.6 is 15.9 Å². The summed E-state index contributed by atoms with van der Waals surface area (Å²) in [5.74, 6) is 6.49. The number of aromatic nitrogens is 2. The summed E-state index contributed by atoms with van der Waals surface area (Å²) < 4.78 is 0.873. The van der Waals surface area contributed by atoms with Gasteiger partial charge in [-0.3, -0.25) is 0 Å². The molecule has 0 aliphatic rings. The van der Waals surface area contributed by atoms with Gasteiger partial charge < -0.3 is 10.7 Å². The molecular weight excluding hydrogens is 308 g/mol. The lowest BCUT2D eigenvalue weighted by Crippen LogP contribution is -2.11. The number of nitriles is 1. The van der Waals surface area contributed by atoms with Gasteiger partial charge in [-0.1, -0.05) is 15.9 Å². The van der Waals surface area contributed by atoms with E-state index in [0.717, 1.165) is 10.0 Å². The molecule has 1 aromatic carbocycles. The Kier molecular flexibility index (Phi) is 3.94. The summed E-state index contributed by atoms with van der Waals surface area (Å²) in [4.78, 5) is 8.14. The average Bonchev–Trinajstić information content (AvgIpc) is 2.41. The Balaban J connectivity index is 2.42. The molecule has 1 aromatic heterocycles. The van der Waals surface area contributed by atoms with Crippen LogP contribution in [0.5, 0.6) is 0 Å². The maximum absolute atomic E-state index is 9.09. The average molecular weight is 319 g/mol. The first-order valence-electron chi connectivity index (χ1n) is 5.40. The summed E-state index contributed by atoms with van der Waals surface area (Å²) in [6, 6.07) is 7.48. The van der Waals surface area contributed by atoms with Crippen LogP contribution < -0.4 is 16.6 Å². The number of hydrogen-bond acceptors (Lipinski definition) is 6. The van der Waals surface area contributed by atoms with E-state index in [2.05, 4.69) is 42.7 Å². The van der Waals surface area contributed by atoms with E-state index in [9.17, 15) is 0 Å². The number of anilines is 3. The van der Waals surface area contributed by atoms with Crippen molar-refractivity contribution >= 4 is 33.3 Å². The number of nitrogens with zero attached hydrogens (tertiary/aromatic N) is 3. The molecule has 0 spiro atoms. The van der Waals surface area contributed by atoms with Crippen molar-refractivity contribution in [2.75, 3.05) is 10.7 Å². The monoisotopic (exact) mass is 318 g/mol. The fourth-order valence-corrected chi connectivity index (χ4v) is 1.93. The number of hydrogen-bond donors (Lipinski definition) is 3. The number of halogens is 1. The second-order valence-electron chi connectivity index (χ2n) is 3.77. The van der Waals surface area contributed by atoms with E-state index in [4.69, 9.17) is 11.1 Å². The van der Waals surface area contributed by atoms with Crippen molar-refractivity contribution in [3.63, 3.8) is 0 Å². The molecule has 19 heavy (non-hydrogen) atoms. The van der Waals surface area contributed by atoms with E-state index in [1.165, 1.54) is 6.33 Å². The van der Waals surface area contributed by atoms with Gasteiger partial charge in [0.25, 0.3) is 0 Å². The zero-order chi connectivity index (χ0) is 13.8. The van der Waals surface area contributed by atoms with E-state index in [1.54, 1.807) is 6.07 Å². The second kappa shape index (κ2) is 5.65. The lowest BCUT2D eigenvalue weighted by molar-refractivity contribution is 1.10. The summed E-state index contributed by atoms with van der Waals surface area (Å²) in [5, 5.41) is 12.2. The normalized spacial score (nSPS) is 9.79. The predicted octanol–water partition coefficient (Wildman–Crippen LogP) is 2.45. The Morgan fingerprint density at radius 1 is 1.32 bits per heavy atom. The first kappa shape index (κ1) is 13.3. The number of nitrogen functional groups attached to an aromatic ring is 1. The molecule has 0 bridgehead atoms. The quantitative estimate of drug-likeness (QED) is 0.593. The summed E-state index contributed by atoms with van der Waals surface area (Å²) in [6.07, 6.45) is 1.40. The van der Waals surface area contributed by atoms with Crippen molar-refractivity contribution in [3.8, 4) is 6.07 Å². The SMILES string of the molecule is Cc1c(NN)ncnc1Nc1cc(Br)ccc1C#N. The first-order valence-corrected chi connectivity index (χ1v) is 6.20. The van der Waals surface area contributed by atoms with Crippen LogP contribution in [-0.2, 0) is 0 Å². The third kappa shape index (κ3) is 2.81. The molecule has 2 aromatic rings. The van der Waals surface area contributed by atoms with Crippen LogP contribution in [-0.4, -0.2) is 9.97 Å². The molecule has 7 heteroatoms. The van der Waals surface area contributed by atoms with Gasteiger partial charge in [-0.2, -0.15) is 5.26 Å². The number of nitrogens with two attached hydrogens (primary N) is 1. The molecule has 0 aliphatic heterocycles. The summed E-state index contributed by atoms with van der Waals surface area (Å²) in [7, 11) is 0.